The van der Waals surface area contributed by atoms with Crippen LogP contribution in [-0.4, -0.2) is 81.4 Å². The number of amides is 1. The molecule has 0 bridgehead atoms. The molecule has 294 valence electrons. The molecule has 0 N–H and O–H groups in total. The fourth-order valence-electron chi connectivity index (χ4n) is 5.82. The molecule has 4 aromatic rings. The molecule has 2 aromatic heterocycles. The van der Waals surface area contributed by atoms with Gasteiger partial charge >= 0.3 is 5.97 Å². The lowest BCUT2D eigenvalue weighted by Crippen LogP contribution is -2.39. The largest absolute Gasteiger partial charge is 0.497 e. The van der Waals surface area contributed by atoms with E-state index in [1.807, 2.05) is 60.3 Å². The highest BCUT2D eigenvalue weighted by atomic mass is 16.5. The molecule has 0 aliphatic rings. The van der Waals surface area contributed by atoms with Crippen molar-refractivity contribution in [3.63, 3.8) is 0 Å². The number of nitrogens with zero attached hydrogens (tertiary/aromatic N) is 5. The van der Waals surface area contributed by atoms with Crippen LogP contribution in [0.1, 0.15) is 110 Å². The topological polar surface area (TPSA) is 135 Å². The van der Waals surface area contributed by atoms with E-state index in [4.69, 9.17) is 14.2 Å². The summed E-state index contributed by atoms with van der Waals surface area (Å²) in [5.74, 6) is 0.602. The van der Waals surface area contributed by atoms with Gasteiger partial charge in [-0.2, -0.15) is 0 Å². The number of ketones is 2. The zero-order valence-corrected chi connectivity index (χ0v) is 34.5. The highest BCUT2D eigenvalue weighted by molar-refractivity contribution is 6.01. The van der Waals surface area contributed by atoms with Gasteiger partial charge in [0.2, 0.25) is 17.5 Å². The third-order valence-corrected chi connectivity index (χ3v) is 9.43. The van der Waals surface area contributed by atoms with Gasteiger partial charge in [0.25, 0.3) is 0 Å². The van der Waals surface area contributed by atoms with Gasteiger partial charge in [-0.25, -0.2) is 9.97 Å². The van der Waals surface area contributed by atoms with Crippen molar-refractivity contribution < 1.29 is 33.4 Å². The number of hydrogen-bond acceptors (Lipinski definition) is 9. The summed E-state index contributed by atoms with van der Waals surface area (Å²) in [6, 6.07) is 10.7. The van der Waals surface area contributed by atoms with Crippen molar-refractivity contribution in [3.8, 4) is 11.5 Å². The number of hydrogen-bond donors (Lipinski definition) is 0. The second-order valence-electron chi connectivity index (χ2n) is 18.2. The van der Waals surface area contributed by atoms with Gasteiger partial charge in [-0.15, -0.1) is 0 Å². The predicted molar refractivity (Wildman–Crippen MR) is 210 cm³/mol. The van der Waals surface area contributed by atoms with Crippen LogP contribution in [0.3, 0.4) is 0 Å². The molecule has 0 unspecified atom stereocenters. The highest BCUT2D eigenvalue weighted by Crippen LogP contribution is 2.30. The Hall–Kier alpha value is -4.74. The van der Waals surface area contributed by atoms with Crippen LogP contribution in [-0.2, 0) is 27.4 Å². The second-order valence-corrected chi connectivity index (χ2v) is 18.2. The molecular weight excluding hydrogens is 686 g/mol. The normalized spacial score (nSPS) is 12.6. The summed E-state index contributed by atoms with van der Waals surface area (Å²) < 4.78 is 20.0. The first-order chi connectivity index (χ1) is 24.9. The standard InChI is InChI=1S/C42H59N5O7/c1-39(2,3)18-20-45(33(48)24-46-31-22-27(52-12)14-16-29(31)43-37(46)35(50)40(4,5)6)21-19-42(10,11)26-54-34(49)25-47-32-23-28(53-13)15-17-30(32)44-38(47)36(51)41(7,8)9/h14-17,22-23H,18-21,24-26H2,1-13H3. The number of carbonyl (C=O) groups is 4. The lowest BCUT2D eigenvalue weighted by Gasteiger charge is -2.31. The Balaban J connectivity index is 1.53. The number of rotatable bonds is 15. The first kappa shape index (κ1) is 42.0. The van der Waals surface area contributed by atoms with Gasteiger partial charge in [0, 0.05) is 41.5 Å². The molecule has 2 aromatic carbocycles. The minimum atomic E-state index is -0.715. The van der Waals surface area contributed by atoms with Crippen LogP contribution < -0.4 is 9.47 Å². The predicted octanol–water partition coefficient (Wildman–Crippen LogP) is 7.79. The summed E-state index contributed by atoms with van der Waals surface area (Å²) in [6.07, 6.45) is 1.31. The van der Waals surface area contributed by atoms with Crippen molar-refractivity contribution in [2.24, 2.45) is 21.7 Å². The monoisotopic (exact) mass is 745 g/mol. The molecule has 0 atom stereocenters. The van der Waals surface area contributed by atoms with E-state index in [0.29, 0.717) is 53.1 Å². The Morgan fingerprint density at radius 1 is 0.648 bits per heavy atom. The number of methoxy groups -OCH3 is 2. The Kier molecular flexibility index (Phi) is 12.4. The maximum Gasteiger partial charge on any atom is 0.326 e. The van der Waals surface area contributed by atoms with Gasteiger partial charge in [0.05, 0.1) is 42.9 Å². The Bertz CT molecular complexity index is 2020. The number of esters is 1. The van der Waals surface area contributed by atoms with E-state index in [-0.39, 0.29) is 54.2 Å². The quantitative estimate of drug-likeness (QED) is 0.0883. The number of Topliss-reactive ketones (excluding diaryl/α,β-unsaturated/α-hetero) is 2. The van der Waals surface area contributed by atoms with E-state index in [0.717, 1.165) is 6.42 Å². The minimum absolute atomic E-state index is 0.0270. The molecule has 0 aliphatic heterocycles. The van der Waals surface area contributed by atoms with Crippen LogP contribution in [0.4, 0.5) is 0 Å². The summed E-state index contributed by atoms with van der Waals surface area (Å²) in [5, 5.41) is 0. The molecule has 0 radical (unpaired) electrons. The average molecular weight is 746 g/mol. The Morgan fingerprint density at radius 2 is 1.09 bits per heavy atom. The smallest absolute Gasteiger partial charge is 0.326 e. The van der Waals surface area contributed by atoms with Crippen molar-refractivity contribution in [2.45, 2.75) is 102 Å². The average Bonchev–Trinajstić information content (AvgIpc) is 3.62. The summed E-state index contributed by atoms with van der Waals surface area (Å²) >= 11 is 0. The van der Waals surface area contributed by atoms with Crippen LogP contribution in [0.2, 0.25) is 0 Å². The summed E-state index contributed by atoms with van der Waals surface area (Å²) in [6.45, 7) is 22.1. The molecular formula is C42H59N5O7. The Morgan fingerprint density at radius 3 is 1.52 bits per heavy atom. The first-order valence-electron chi connectivity index (χ1n) is 18.6. The van der Waals surface area contributed by atoms with E-state index >= 15 is 0 Å². The maximum atomic E-state index is 14.2. The highest BCUT2D eigenvalue weighted by Gasteiger charge is 2.32. The first-order valence-corrected chi connectivity index (χ1v) is 18.6. The molecule has 0 aliphatic carbocycles. The molecule has 12 nitrogen and oxygen atoms in total. The van der Waals surface area contributed by atoms with Crippen molar-refractivity contribution in [3.05, 3.63) is 48.0 Å². The molecule has 2 heterocycles. The van der Waals surface area contributed by atoms with Crippen molar-refractivity contribution in [1.82, 2.24) is 24.0 Å². The number of aromatic nitrogens is 4. The van der Waals surface area contributed by atoms with E-state index in [1.54, 1.807) is 59.8 Å². The van der Waals surface area contributed by atoms with Gasteiger partial charge in [-0.05, 0) is 42.5 Å². The number of imidazole rings is 2. The van der Waals surface area contributed by atoms with Gasteiger partial charge in [0.1, 0.15) is 24.6 Å². The SMILES string of the molecule is COc1ccc2nc(C(=O)C(C)(C)C)n(CC(=O)OCC(C)(C)CCN(CCC(C)(C)C)C(=O)Cn3c(C(=O)C(C)(C)C)nc4ccc(OC)cc43)c2c1. The van der Waals surface area contributed by atoms with Crippen molar-refractivity contribution >= 4 is 45.5 Å². The van der Waals surface area contributed by atoms with Gasteiger partial charge < -0.3 is 28.2 Å². The van der Waals surface area contributed by atoms with E-state index in [1.165, 1.54) is 0 Å². The zero-order valence-electron chi connectivity index (χ0n) is 34.5. The maximum absolute atomic E-state index is 14.2. The van der Waals surface area contributed by atoms with Crippen LogP contribution in [0.15, 0.2) is 36.4 Å². The van der Waals surface area contributed by atoms with Crippen molar-refractivity contribution in [2.75, 3.05) is 33.9 Å². The molecule has 54 heavy (non-hydrogen) atoms. The van der Waals surface area contributed by atoms with E-state index < -0.39 is 22.2 Å². The third kappa shape index (κ3) is 10.3. The zero-order chi connectivity index (χ0) is 40.4. The molecule has 1 amide bonds. The summed E-state index contributed by atoms with van der Waals surface area (Å²) in [5.41, 5.74) is 0.488. The number of fused-ring (bicyclic) bond motifs is 2. The van der Waals surface area contributed by atoms with E-state index in [2.05, 4.69) is 30.7 Å². The van der Waals surface area contributed by atoms with Gasteiger partial charge in [-0.1, -0.05) is 76.2 Å². The van der Waals surface area contributed by atoms with Gasteiger partial charge in [-0.3, -0.25) is 19.2 Å². The molecule has 0 saturated heterocycles. The van der Waals surface area contributed by atoms with Crippen LogP contribution in [0.25, 0.3) is 22.1 Å². The van der Waals surface area contributed by atoms with Crippen LogP contribution >= 0.6 is 0 Å². The molecule has 0 fully saturated rings. The summed E-state index contributed by atoms with van der Waals surface area (Å²) in [7, 11) is 3.13. The van der Waals surface area contributed by atoms with Crippen LogP contribution in [0, 0.1) is 21.7 Å². The Labute approximate surface area is 319 Å². The summed E-state index contributed by atoms with van der Waals surface area (Å²) in [4.78, 5) is 65.7. The molecule has 0 spiro atoms. The second kappa shape index (κ2) is 15.9. The minimum Gasteiger partial charge on any atom is -0.497 e. The van der Waals surface area contributed by atoms with Crippen molar-refractivity contribution in [1.29, 1.82) is 0 Å². The third-order valence-electron chi connectivity index (χ3n) is 9.43. The number of ether oxygens (including phenoxy) is 3. The number of carbonyl (C=O) groups excluding carboxylic acids is 4. The van der Waals surface area contributed by atoms with E-state index in [9.17, 15) is 19.2 Å². The lowest BCUT2D eigenvalue weighted by molar-refractivity contribution is -0.148. The fraction of sp³-hybridized carbons (Fsp3) is 0.571. The fourth-order valence-corrected chi connectivity index (χ4v) is 5.82. The van der Waals surface area contributed by atoms with Gasteiger partial charge in [0.15, 0.2) is 11.6 Å². The molecule has 4 rings (SSSR count). The lowest BCUT2D eigenvalue weighted by atomic mass is 9.89. The van der Waals surface area contributed by atoms with Crippen LogP contribution in [0.5, 0.6) is 11.5 Å². The molecule has 12 heteroatoms. The molecule has 0 saturated carbocycles. The number of benzene rings is 2.